The lowest BCUT2D eigenvalue weighted by molar-refractivity contribution is -0.123. The number of hydrogen-bond donors (Lipinski definition) is 1. The minimum absolute atomic E-state index is 0.0972. The molecule has 48 valence electrons. The van der Waals surface area contributed by atoms with Crippen LogP contribution in [0.1, 0.15) is 19.8 Å². The van der Waals surface area contributed by atoms with Gasteiger partial charge in [-0.3, -0.25) is 4.79 Å². The van der Waals surface area contributed by atoms with Crippen LogP contribution in [-0.4, -0.2) is 11.6 Å². The van der Waals surface area contributed by atoms with Crippen LogP contribution in [-0.2, 0) is 4.79 Å². The van der Waals surface area contributed by atoms with E-state index >= 15 is 0 Å². The summed E-state index contributed by atoms with van der Waals surface area (Å²) in [6.07, 6.45) is 1.99. The van der Waals surface area contributed by atoms with Crippen molar-refractivity contribution in [1.82, 2.24) is 5.43 Å². The van der Waals surface area contributed by atoms with Crippen molar-refractivity contribution in [2.45, 2.75) is 19.8 Å². The van der Waals surface area contributed by atoms with Crippen LogP contribution in [0.25, 0.3) is 0 Å². The number of nitrogens with one attached hydrogen (secondary N) is 1. The van der Waals surface area contributed by atoms with Gasteiger partial charge >= 0.3 is 0 Å². The van der Waals surface area contributed by atoms with E-state index < -0.39 is 0 Å². The molecule has 0 bridgehead atoms. The van der Waals surface area contributed by atoms with Crippen molar-refractivity contribution < 1.29 is 4.79 Å². The number of hydrogen-bond acceptors (Lipinski definition) is 2. The Morgan fingerprint density at radius 1 is 1.67 bits per heavy atom. The summed E-state index contributed by atoms with van der Waals surface area (Å²) in [6, 6.07) is 0. The smallest absolute Gasteiger partial charge is 0.252 e. The van der Waals surface area contributed by atoms with Crippen molar-refractivity contribution in [3.63, 3.8) is 0 Å². The molecule has 0 radical (unpaired) electrons. The normalized spacial score (nSPS) is 28.1. The van der Waals surface area contributed by atoms with E-state index in [0.717, 1.165) is 18.6 Å². The Hall–Kier alpha value is -0.860. The fourth-order valence-corrected chi connectivity index (χ4v) is 1.23. The van der Waals surface area contributed by atoms with Gasteiger partial charge in [0.15, 0.2) is 0 Å². The summed E-state index contributed by atoms with van der Waals surface area (Å²) in [4.78, 5) is 10.9. The number of rotatable bonds is 0. The zero-order valence-corrected chi connectivity index (χ0v) is 5.27. The predicted molar refractivity (Wildman–Crippen MR) is 32.9 cm³/mol. The first-order chi connectivity index (χ1) is 4.26. The molecule has 0 unspecified atom stereocenters. The molecule has 1 spiro atoms. The highest BCUT2D eigenvalue weighted by Gasteiger charge is 2.55. The second kappa shape index (κ2) is 1.17. The molecule has 0 aromatic carbocycles. The van der Waals surface area contributed by atoms with E-state index in [1.165, 1.54) is 0 Å². The number of carbonyl (C=O) groups is 1. The van der Waals surface area contributed by atoms with E-state index in [4.69, 9.17) is 0 Å². The fourth-order valence-electron chi connectivity index (χ4n) is 1.23. The molecule has 0 aromatic heterocycles. The largest absolute Gasteiger partial charge is 0.272 e. The van der Waals surface area contributed by atoms with Crippen LogP contribution in [0.4, 0.5) is 0 Å². The lowest BCUT2D eigenvalue weighted by atomic mass is 10.0. The van der Waals surface area contributed by atoms with Gasteiger partial charge in [0.05, 0.1) is 11.1 Å². The summed E-state index contributed by atoms with van der Waals surface area (Å²) in [7, 11) is 0. The summed E-state index contributed by atoms with van der Waals surface area (Å²) in [6.45, 7) is 1.91. The first-order valence-electron chi connectivity index (χ1n) is 3.11. The van der Waals surface area contributed by atoms with Gasteiger partial charge in [0.2, 0.25) is 0 Å². The first kappa shape index (κ1) is 4.97. The highest BCUT2D eigenvalue weighted by atomic mass is 16.2. The molecule has 1 fully saturated rings. The molecule has 1 saturated carbocycles. The summed E-state index contributed by atoms with van der Waals surface area (Å²) >= 11 is 0. The maximum absolute atomic E-state index is 10.9. The van der Waals surface area contributed by atoms with Gasteiger partial charge in [0, 0.05) is 0 Å². The van der Waals surface area contributed by atoms with Crippen molar-refractivity contribution in [1.29, 1.82) is 0 Å². The minimum atomic E-state index is -0.139. The van der Waals surface area contributed by atoms with Crippen LogP contribution in [0.15, 0.2) is 5.10 Å². The van der Waals surface area contributed by atoms with Gasteiger partial charge in [-0.15, -0.1) is 0 Å². The SMILES string of the molecule is CC1=NNC(=O)C12CC2. The van der Waals surface area contributed by atoms with Crippen LogP contribution in [0.2, 0.25) is 0 Å². The number of nitrogens with zero attached hydrogens (tertiary/aromatic N) is 1. The quantitative estimate of drug-likeness (QED) is 0.495. The Labute approximate surface area is 53.1 Å². The molecule has 2 rings (SSSR count). The van der Waals surface area contributed by atoms with Crippen molar-refractivity contribution >= 4 is 11.6 Å². The molecule has 3 heteroatoms. The van der Waals surface area contributed by atoms with Crippen LogP contribution < -0.4 is 5.43 Å². The van der Waals surface area contributed by atoms with Crippen LogP contribution in [0.3, 0.4) is 0 Å². The highest BCUT2D eigenvalue weighted by molar-refractivity contribution is 6.13. The first-order valence-corrected chi connectivity index (χ1v) is 3.11. The van der Waals surface area contributed by atoms with Gasteiger partial charge in [-0.1, -0.05) is 0 Å². The fraction of sp³-hybridized carbons (Fsp3) is 0.667. The molecule has 0 aromatic rings. The molecule has 1 amide bonds. The Morgan fingerprint density at radius 2 is 2.33 bits per heavy atom. The van der Waals surface area contributed by atoms with Crippen molar-refractivity contribution in [2.75, 3.05) is 0 Å². The van der Waals surface area contributed by atoms with E-state index in [9.17, 15) is 4.79 Å². The molecule has 1 heterocycles. The second-order valence-electron chi connectivity index (χ2n) is 2.72. The van der Waals surface area contributed by atoms with Crippen LogP contribution in [0.5, 0.6) is 0 Å². The average molecular weight is 124 g/mol. The number of hydrazone groups is 1. The van der Waals surface area contributed by atoms with Crippen molar-refractivity contribution in [3.05, 3.63) is 0 Å². The third-order valence-corrected chi connectivity index (χ3v) is 2.20. The van der Waals surface area contributed by atoms with E-state index in [0.29, 0.717) is 0 Å². The molecule has 1 aliphatic heterocycles. The van der Waals surface area contributed by atoms with E-state index in [1.54, 1.807) is 0 Å². The maximum Gasteiger partial charge on any atom is 0.252 e. The summed E-state index contributed by atoms with van der Waals surface area (Å²) in [5, 5.41) is 3.85. The third-order valence-electron chi connectivity index (χ3n) is 2.20. The van der Waals surface area contributed by atoms with Gasteiger partial charge < -0.3 is 0 Å². The van der Waals surface area contributed by atoms with E-state index in [1.807, 2.05) is 6.92 Å². The van der Waals surface area contributed by atoms with Gasteiger partial charge in [0.25, 0.3) is 5.91 Å². The van der Waals surface area contributed by atoms with Crippen molar-refractivity contribution in [3.8, 4) is 0 Å². The summed E-state index contributed by atoms with van der Waals surface area (Å²) in [5.41, 5.74) is 3.30. The summed E-state index contributed by atoms with van der Waals surface area (Å²) in [5.74, 6) is 0.0972. The highest BCUT2D eigenvalue weighted by Crippen LogP contribution is 2.48. The molecular formula is C6H8N2O. The monoisotopic (exact) mass is 124 g/mol. The predicted octanol–water partition coefficient (Wildman–Crippen LogP) is 0.272. The standard InChI is InChI=1S/C6H8N2O/c1-4-6(2-3-6)5(9)8-7-4/h2-3H2,1H3,(H,8,9). The Bertz CT molecular complexity index is 203. The number of carbonyl (C=O) groups excluding carboxylic acids is 1. The molecule has 1 aliphatic carbocycles. The van der Waals surface area contributed by atoms with E-state index in [-0.39, 0.29) is 11.3 Å². The van der Waals surface area contributed by atoms with E-state index in [2.05, 4.69) is 10.5 Å². The Balaban J connectivity index is 2.38. The van der Waals surface area contributed by atoms with Gasteiger partial charge in [-0.25, -0.2) is 5.43 Å². The average Bonchev–Trinajstić information content (AvgIpc) is 2.56. The minimum Gasteiger partial charge on any atom is -0.272 e. The molecule has 0 atom stereocenters. The number of amides is 1. The van der Waals surface area contributed by atoms with Crippen LogP contribution in [0, 0.1) is 5.41 Å². The summed E-state index contributed by atoms with van der Waals surface area (Å²) < 4.78 is 0. The second-order valence-corrected chi connectivity index (χ2v) is 2.72. The molecule has 9 heavy (non-hydrogen) atoms. The van der Waals surface area contributed by atoms with Gasteiger partial charge in [0.1, 0.15) is 0 Å². The molecular weight excluding hydrogens is 116 g/mol. The molecule has 0 saturated heterocycles. The molecule has 1 N–H and O–H groups in total. The Morgan fingerprint density at radius 3 is 2.56 bits per heavy atom. The molecule has 3 nitrogen and oxygen atoms in total. The molecule has 2 aliphatic rings. The lowest BCUT2D eigenvalue weighted by Crippen LogP contribution is -2.23. The van der Waals surface area contributed by atoms with Crippen LogP contribution >= 0.6 is 0 Å². The third kappa shape index (κ3) is 0.422. The maximum atomic E-state index is 10.9. The van der Waals surface area contributed by atoms with Crippen molar-refractivity contribution in [2.24, 2.45) is 10.5 Å². The Kier molecular flexibility index (Phi) is 0.648. The zero-order chi connectivity index (χ0) is 6.48. The lowest BCUT2D eigenvalue weighted by Gasteiger charge is -1.98. The zero-order valence-electron chi connectivity index (χ0n) is 5.27. The van der Waals surface area contributed by atoms with Gasteiger partial charge in [-0.2, -0.15) is 5.10 Å². The van der Waals surface area contributed by atoms with Gasteiger partial charge in [-0.05, 0) is 19.8 Å². The topological polar surface area (TPSA) is 41.5 Å².